The van der Waals surface area contributed by atoms with E-state index in [9.17, 15) is 4.79 Å². The summed E-state index contributed by atoms with van der Waals surface area (Å²) in [5.41, 5.74) is 2.85. The summed E-state index contributed by atoms with van der Waals surface area (Å²) < 4.78 is 12.3. The van der Waals surface area contributed by atoms with Crippen molar-refractivity contribution in [2.45, 2.75) is 19.3 Å². The van der Waals surface area contributed by atoms with Crippen LogP contribution in [-0.4, -0.2) is 35.1 Å². The molecule has 0 spiro atoms. The number of hydrogen-bond acceptors (Lipinski definition) is 4. The highest BCUT2D eigenvalue weighted by molar-refractivity contribution is 5.70. The molecule has 0 amide bonds. The van der Waals surface area contributed by atoms with Crippen molar-refractivity contribution >= 4 is 5.97 Å². The highest BCUT2D eigenvalue weighted by Gasteiger charge is 2.26. The number of rotatable bonds is 4. The van der Waals surface area contributed by atoms with Crippen LogP contribution in [0.1, 0.15) is 17.7 Å². The summed E-state index contributed by atoms with van der Waals surface area (Å²) in [5.74, 6) is 0.256. The molecule has 3 rings (SSSR count). The summed E-state index contributed by atoms with van der Waals surface area (Å²) in [4.78, 5) is 11.1. The number of carbonyl (C=O) groups is 1. The number of methoxy groups -OCH3 is 2. The molecule has 6 heteroatoms. The first-order chi connectivity index (χ1) is 10.6. The normalized spacial score (nSPS) is 16.9. The van der Waals surface area contributed by atoms with Crippen molar-refractivity contribution in [1.82, 2.24) is 9.78 Å². The minimum atomic E-state index is -0.732. The van der Waals surface area contributed by atoms with E-state index in [-0.39, 0.29) is 5.92 Å². The van der Waals surface area contributed by atoms with E-state index in [1.807, 2.05) is 24.4 Å². The SMILES string of the molecule is COc1ccc(-n2cc3c(n2)CCC(C(=O)O)C3)cc1OC. The minimum absolute atomic E-state index is 0.310. The van der Waals surface area contributed by atoms with Crippen LogP contribution in [0.5, 0.6) is 11.5 Å². The lowest BCUT2D eigenvalue weighted by molar-refractivity contribution is -0.142. The second-order valence-electron chi connectivity index (χ2n) is 5.36. The first-order valence-electron chi connectivity index (χ1n) is 7.15. The Balaban J connectivity index is 1.93. The molecule has 116 valence electrons. The van der Waals surface area contributed by atoms with E-state index in [1.165, 1.54) is 0 Å². The molecule has 1 aromatic carbocycles. The fourth-order valence-electron chi connectivity index (χ4n) is 2.82. The molecule has 0 aliphatic heterocycles. The molecule has 2 aromatic rings. The first-order valence-corrected chi connectivity index (χ1v) is 7.15. The number of ether oxygens (including phenoxy) is 2. The number of aliphatic carboxylic acids is 1. The lowest BCUT2D eigenvalue weighted by Gasteiger charge is -2.16. The average Bonchev–Trinajstić information content (AvgIpc) is 2.97. The molecule has 6 nitrogen and oxygen atoms in total. The Hall–Kier alpha value is -2.50. The maximum absolute atomic E-state index is 11.1. The van der Waals surface area contributed by atoms with Crippen molar-refractivity contribution in [2.24, 2.45) is 5.92 Å². The van der Waals surface area contributed by atoms with E-state index in [2.05, 4.69) is 5.10 Å². The Bertz CT molecular complexity index is 708. The van der Waals surface area contributed by atoms with E-state index in [4.69, 9.17) is 14.6 Å². The van der Waals surface area contributed by atoms with Crippen molar-refractivity contribution < 1.29 is 19.4 Å². The number of hydrogen-bond donors (Lipinski definition) is 1. The van der Waals surface area contributed by atoms with Gasteiger partial charge in [0.25, 0.3) is 0 Å². The number of fused-ring (bicyclic) bond motifs is 1. The van der Waals surface area contributed by atoms with Gasteiger partial charge in [0.1, 0.15) is 0 Å². The van der Waals surface area contributed by atoms with Crippen molar-refractivity contribution in [1.29, 1.82) is 0 Å². The third-order valence-electron chi connectivity index (χ3n) is 4.05. The highest BCUT2D eigenvalue weighted by atomic mass is 16.5. The van der Waals surface area contributed by atoms with E-state index >= 15 is 0 Å². The maximum atomic E-state index is 11.1. The van der Waals surface area contributed by atoms with Crippen LogP contribution in [0.15, 0.2) is 24.4 Å². The molecule has 1 atom stereocenters. The molecule has 1 heterocycles. The van der Waals surface area contributed by atoms with Crippen molar-refractivity contribution in [3.05, 3.63) is 35.7 Å². The standard InChI is InChI=1S/C16H18N2O4/c1-21-14-6-4-12(8-15(14)22-2)18-9-11-7-10(16(19)20)3-5-13(11)17-18/h4,6,8-10H,3,5,7H2,1-2H3,(H,19,20). The number of benzene rings is 1. The van der Waals surface area contributed by atoms with Gasteiger partial charge in [0, 0.05) is 12.3 Å². The summed E-state index contributed by atoms with van der Waals surface area (Å²) >= 11 is 0. The van der Waals surface area contributed by atoms with Gasteiger partial charge in [0.15, 0.2) is 11.5 Å². The predicted octanol–water partition coefficient (Wildman–Crippen LogP) is 2.08. The fourth-order valence-corrected chi connectivity index (χ4v) is 2.82. The molecule has 0 radical (unpaired) electrons. The molecule has 0 bridgehead atoms. The Morgan fingerprint density at radius 2 is 2.09 bits per heavy atom. The lowest BCUT2D eigenvalue weighted by atomic mass is 9.88. The van der Waals surface area contributed by atoms with Gasteiger partial charge in [0.05, 0.1) is 31.5 Å². The van der Waals surface area contributed by atoms with Crippen LogP contribution in [0.25, 0.3) is 5.69 Å². The topological polar surface area (TPSA) is 73.6 Å². The van der Waals surface area contributed by atoms with Crippen LogP contribution in [0.4, 0.5) is 0 Å². The Kier molecular flexibility index (Phi) is 3.75. The largest absolute Gasteiger partial charge is 0.493 e. The molecule has 1 aliphatic carbocycles. The number of aryl methyl sites for hydroxylation is 1. The number of carboxylic acid groups (broad SMARTS) is 1. The van der Waals surface area contributed by atoms with Gasteiger partial charge in [-0.3, -0.25) is 4.79 Å². The summed E-state index contributed by atoms with van der Waals surface area (Å²) in [6, 6.07) is 5.58. The second kappa shape index (κ2) is 5.71. The van der Waals surface area contributed by atoms with Gasteiger partial charge in [-0.15, -0.1) is 0 Å². The highest BCUT2D eigenvalue weighted by Crippen LogP contribution is 2.30. The average molecular weight is 302 g/mol. The van der Waals surface area contributed by atoms with Crippen LogP contribution < -0.4 is 9.47 Å². The van der Waals surface area contributed by atoms with E-state index in [0.717, 1.165) is 16.9 Å². The molecule has 0 fully saturated rings. The van der Waals surface area contributed by atoms with Gasteiger partial charge >= 0.3 is 5.97 Å². The molecule has 1 N–H and O–H groups in total. The van der Waals surface area contributed by atoms with Crippen molar-refractivity contribution in [3.63, 3.8) is 0 Å². The summed E-state index contributed by atoms with van der Waals surface area (Å²) in [5, 5.41) is 13.7. The zero-order valence-electron chi connectivity index (χ0n) is 12.6. The van der Waals surface area contributed by atoms with Crippen LogP contribution in [-0.2, 0) is 17.6 Å². The molecule has 1 aliphatic rings. The van der Waals surface area contributed by atoms with Gasteiger partial charge in [-0.25, -0.2) is 4.68 Å². The van der Waals surface area contributed by atoms with E-state index < -0.39 is 5.97 Å². The monoisotopic (exact) mass is 302 g/mol. The quantitative estimate of drug-likeness (QED) is 0.936. The maximum Gasteiger partial charge on any atom is 0.306 e. The zero-order chi connectivity index (χ0) is 15.7. The first kappa shape index (κ1) is 14.4. The Morgan fingerprint density at radius 3 is 2.77 bits per heavy atom. The lowest BCUT2D eigenvalue weighted by Crippen LogP contribution is -2.21. The van der Waals surface area contributed by atoms with Crippen LogP contribution in [0.3, 0.4) is 0 Å². The van der Waals surface area contributed by atoms with Gasteiger partial charge < -0.3 is 14.6 Å². The molecule has 1 aromatic heterocycles. The summed E-state index contributed by atoms with van der Waals surface area (Å²) in [6.45, 7) is 0. The fraction of sp³-hybridized carbons (Fsp3) is 0.375. The molecule has 0 saturated carbocycles. The van der Waals surface area contributed by atoms with Crippen LogP contribution in [0, 0.1) is 5.92 Å². The van der Waals surface area contributed by atoms with Crippen molar-refractivity contribution in [3.8, 4) is 17.2 Å². The van der Waals surface area contributed by atoms with Crippen LogP contribution in [0.2, 0.25) is 0 Å². The molecule has 1 unspecified atom stereocenters. The zero-order valence-corrected chi connectivity index (χ0v) is 12.6. The second-order valence-corrected chi connectivity index (χ2v) is 5.36. The predicted molar refractivity (Wildman–Crippen MR) is 79.8 cm³/mol. The summed E-state index contributed by atoms with van der Waals surface area (Å²) in [6.07, 6.45) is 3.79. The van der Waals surface area contributed by atoms with E-state index in [1.54, 1.807) is 18.9 Å². The van der Waals surface area contributed by atoms with Crippen molar-refractivity contribution in [2.75, 3.05) is 14.2 Å². The molecule has 0 saturated heterocycles. The third kappa shape index (κ3) is 2.52. The number of aromatic nitrogens is 2. The van der Waals surface area contributed by atoms with E-state index in [0.29, 0.717) is 30.8 Å². The van der Waals surface area contributed by atoms with Gasteiger partial charge in [-0.05, 0) is 37.0 Å². The molecular formula is C16H18N2O4. The molecule has 22 heavy (non-hydrogen) atoms. The number of carboxylic acids is 1. The van der Waals surface area contributed by atoms with Gasteiger partial charge in [0.2, 0.25) is 0 Å². The Labute approximate surface area is 128 Å². The number of nitrogens with zero attached hydrogens (tertiary/aromatic N) is 2. The molecular weight excluding hydrogens is 284 g/mol. The summed E-state index contributed by atoms with van der Waals surface area (Å²) in [7, 11) is 3.18. The van der Waals surface area contributed by atoms with Crippen LogP contribution >= 0.6 is 0 Å². The smallest absolute Gasteiger partial charge is 0.306 e. The third-order valence-corrected chi connectivity index (χ3v) is 4.05. The Morgan fingerprint density at radius 1 is 1.32 bits per heavy atom. The van der Waals surface area contributed by atoms with Gasteiger partial charge in [-0.2, -0.15) is 5.10 Å². The van der Waals surface area contributed by atoms with Gasteiger partial charge in [-0.1, -0.05) is 0 Å². The minimum Gasteiger partial charge on any atom is -0.493 e.